The summed E-state index contributed by atoms with van der Waals surface area (Å²) in [6, 6.07) is 37.2. The third kappa shape index (κ3) is 9.94. The lowest BCUT2D eigenvalue weighted by molar-refractivity contribution is -0.181. The number of hydrogen-bond donors (Lipinski definition) is 2. The highest BCUT2D eigenvalue weighted by Gasteiger charge is 2.58. The Bertz CT molecular complexity index is 2030. The van der Waals surface area contributed by atoms with Crippen molar-refractivity contribution in [2.75, 3.05) is 0 Å². The summed E-state index contributed by atoms with van der Waals surface area (Å²) in [5, 5.41) is 6.81. The maximum Gasteiger partial charge on any atom is 0.263 e. The molecule has 8 fully saturated rings. The normalized spacial score (nSPS) is 30.8. The molecule has 2 N–H and O–H groups in total. The van der Waals surface area contributed by atoms with Gasteiger partial charge in [0.05, 0.1) is 24.4 Å². The number of aryl methyl sites for hydroxylation is 2. The lowest BCUT2D eigenvalue weighted by Gasteiger charge is -2.59. The Morgan fingerprint density at radius 1 is 0.500 bits per heavy atom. The predicted octanol–water partition coefficient (Wildman–Crippen LogP) is 10.9. The van der Waals surface area contributed by atoms with Crippen molar-refractivity contribution in [3.05, 3.63) is 131 Å². The zero-order valence-corrected chi connectivity index (χ0v) is 38.9. The van der Waals surface area contributed by atoms with Crippen LogP contribution in [0.4, 0.5) is 0 Å². The number of carbonyl (C=O) groups is 2. The first kappa shape index (κ1) is 44.5. The Balaban J connectivity index is 0.000000162. The number of rotatable bonds is 14. The van der Waals surface area contributed by atoms with Crippen LogP contribution in [0.25, 0.3) is 0 Å². The third-order valence-electron chi connectivity index (χ3n) is 15.7. The van der Waals surface area contributed by atoms with E-state index in [4.69, 9.17) is 18.9 Å². The quantitative estimate of drug-likeness (QED) is 0.131. The van der Waals surface area contributed by atoms with Crippen molar-refractivity contribution >= 4 is 11.8 Å². The Morgan fingerprint density at radius 2 is 0.828 bits per heavy atom. The van der Waals surface area contributed by atoms with Crippen molar-refractivity contribution in [3.8, 4) is 11.5 Å². The number of amides is 2. The number of hydrogen-bond acceptors (Lipinski definition) is 6. The first-order valence-corrected chi connectivity index (χ1v) is 24.1. The Morgan fingerprint density at radius 3 is 1.16 bits per heavy atom. The van der Waals surface area contributed by atoms with Crippen molar-refractivity contribution in [1.82, 2.24) is 10.6 Å². The van der Waals surface area contributed by atoms with Crippen molar-refractivity contribution < 1.29 is 28.5 Å². The summed E-state index contributed by atoms with van der Waals surface area (Å²) in [5.41, 5.74) is 2.99. The fourth-order valence-corrected chi connectivity index (χ4v) is 12.9. The van der Waals surface area contributed by atoms with Crippen LogP contribution in [0, 0.1) is 49.4 Å². The van der Waals surface area contributed by atoms with Gasteiger partial charge in [-0.05, 0) is 177 Å². The molecule has 8 saturated carbocycles. The summed E-state index contributed by atoms with van der Waals surface area (Å²) in [6.07, 6.45) is 11.4. The lowest BCUT2D eigenvalue weighted by atomic mass is 9.52. The van der Waals surface area contributed by atoms with Gasteiger partial charge < -0.3 is 29.6 Å². The van der Waals surface area contributed by atoms with Crippen LogP contribution in [0.5, 0.6) is 11.5 Å². The van der Waals surface area contributed by atoms with Crippen LogP contribution in [0.2, 0.25) is 0 Å². The Labute approximate surface area is 381 Å². The molecule has 12 rings (SSSR count). The van der Waals surface area contributed by atoms with Crippen molar-refractivity contribution in [3.63, 3.8) is 0 Å². The summed E-state index contributed by atoms with van der Waals surface area (Å²) in [4.78, 5) is 26.5. The first-order chi connectivity index (χ1) is 30.6. The fraction of sp³-hybridized carbons (Fsp3) is 0.536. The zero-order valence-electron chi connectivity index (χ0n) is 38.9. The minimum absolute atomic E-state index is 0.0124. The van der Waals surface area contributed by atoms with Crippen LogP contribution >= 0.6 is 0 Å². The van der Waals surface area contributed by atoms with Crippen LogP contribution in [0.3, 0.4) is 0 Å². The van der Waals surface area contributed by atoms with Gasteiger partial charge in [-0.15, -0.1) is 0 Å². The highest BCUT2D eigenvalue weighted by Crippen LogP contribution is 2.59. The first-order valence-electron chi connectivity index (χ1n) is 24.1. The molecule has 6 unspecified atom stereocenters. The van der Waals surface area contributed by atoms with E-state index in [2.05, 4.69) is 59.2 Å². The molecule has 8 nitrogen and oxygen atoms in total. The van der Waals surface area contributed by atoms with E-state index in [0.717, 1.165) is 49.0 Å². The van der Waals surface area contributed by atoms with E-state index in [1.165, 1.54) is 60.8 Å². The predicted molar refractivity (Wildman–Crippen MR) is 251 cm³/mol. The summed E-state index contributed by atoms with van der Waals surface area (Å²) in [6.45, 7) is 12.9. The number of carbonyl (C=O) groups excluding carboxylic acids is 2. The summed E-state index contributed by atoms with van der Waals surface area (Å²) in [5.74, 6) is 4.87. The number of ether oxygens (including phenoxy) is 4. The van der Waals surface area contributed by atoms with Gasteiger partial charge in [-0.3, -0.25) is 9.59 Å². The molecule has 8 bridgehead atoms. The van der Waals surface area contributed by atoms with Crippen LogP contribution in [0.1, 0.15) is 114 Å². The number of nitrogens with one attached hydrogen (secondary N) is 2. The molecule has 2 amide bonds. The van der Waals surface area contributed by atoms with E-state index in [0.29, 0.717) is 36.9 Å². The molecule has 0 aliphatic heterocycles. The third-order valence-corrected chi connectivity index (χ3v) is 15.7. The van der Waals surface area contributed by atoms with E-state index in [-0.39, 0.29) is 35.1 Å². The van der Waals surface area contributed by atoms with Crippen molar-refractivity contribution in [1.29, 1.82) is 0 Å². The van der Waals surface area contributed by atoms with Crippen LogP contribution in [-0.2, 0) is 32.3 Å². The second-order valence-corrected chi connectivity index (χ2v) is 21.7. The largest absolute Gasteiger partial charge is 0.478 e. The van der Waals surface area contributed by atoms with Crippen molar-refractivity contribution in [2.24, 2.45) is 35.5 Å². The molecule has 0 aromatic heterocycles. The number of benzene rings is 4. The molecule has 8 heteroatoms. The second-order valence-electron chi connectivity index (χ2n) is 21.7. The molecule has 8 aliphatic rings. The van der Waals surface area contributed by atoms with Crippen LogP contribution in [0.15, 0.2) is 109 Å². The molecule has 8 aliphatic carbocycles. The van der Waals surface area contributed by atoms with E-state index in [1.807, 2.05) is 102 Å². The van der Waals surface area contributed by atoms with E-state index in [1.54, 1.807) is 0 Å². The molecule has 340 valence electrons. The minimum Gasteiger partial charge on any atom is -0.478 e. The van der Waals surface area contributed by atoms with Gasteiger partial charge in [0.1, 0.15) is 11.5 Å². The standard InChI is InChI=1S/2C28H35NO3/c2*1-19-9-11-24(12-10-19)32-27(2,3)26(30)29-25-22-13-21-14-23(25)17-28(15-21,16-22)31-18-20-7-5-4-6-8-20/h2*4-12,21-23,25H,13-18H2,1-3H3,(H,29,30)/t2*21?,22-,23+,25?,28?. The summed E-state index contributed by atoms with van der Waals surface area (Å²) in [7, 11) is 0. The molecule has 0 spiro atoms. The van der Waals surface area contributed by atoms with Gasteiger partial charge in [-0.25, -0.2) is 0 Å². The minimum atomic E-state index is -0.911. The van der Waals surface area contributed by atoms with Gasteiger partial charge in [0.25, 0.3) is 11.8 Å². The highest BCUT2D eigenvalue weighted by atomic mass is 16.5. The maximum absolute atomic E-state index is 13.3. The van der Waals surface area contributed by atoms with E-state index in [9.17, 15) is 9.59 Å². The van der Waals surface area contributed by atoms with Gasteiger partial charge in [0, 0.05) is 12.1 Å². The lowest BCUT2D eigenvalue weighted by Crippen LogP contribution is -2.64. The topological polar surface area (TPSA) is 95.1 Å². The van der Waals surface area contributed by atoms with E-state index < -0.39 is 11.2 Å². The fourth-order valence-electron chi connectivity index (χ4n) is 12.9. The zero-order chi connectivity index (χ0) is 44.7. The Hall–Kier alpha value is -4.66. The average Bonchev–Trinajstić information content (AvgIpc) is 3.26. The molecular weight excluding hydrogens is 797 g/mol. The van der Waals surface area contributed by atoms with Gasteiger partial charge in [-0.1, -0.05) is 96.1 Å². The molecule has 0 radical (unpaired) electrons. The van der Waals surface area contributed by atoms with Crippen molar-refractivity contribution in [2.45, 2.75) is 153 Å². The summed E-state index contributed by atoms with van der Waals surface area (Å²) >= 11 is 0. The molecule has 4 aromatic rings. The van der Waals surface area contributed by atoms with Crippen LogP contribution in [-0.4, -0.2) is 46.3 Å². The Kier molecular flexibility index (Phi) is 12.5. The SMILES string of the molecule is Cc1ccc(OC(C)(C)C(=O)NC2[C@@H]3CC4C[C@H]2CC(OCc2ccccc2)(C4)C3)cc1.Cc1ccc(OC(C)(C)C(=O)NC2[C@@H]3CC4C[C@H]2CC(OCc2ccccc2)(C4)C3)cc1. The van der Waals surface area contributed by atoms with E-state index >= 15 is 0 Å². The van der Waals surface area contributed by atoms with Gasteiger partial charge in [0.15, 0.2) is 11.2 Å². The molecular formula is C56H70N2O6. The maximum atomic E-state index is 13.3. The molecule has 0 heterocycles. The van der Waals surface area contributed by atoms with Gasteiger partial charge >= 0.3 is 0 Å². The molecule has 64 heavy (non-hydrogen) atoms. The van der Waals surface area contributed by atoms with Crippen LogP contribution < -0.4 is 20.1 Å². The molecule has 10 atom stereocenters. The smallest absolute Gasteiger partial charge is 0.263 e. The second kappa shape index (κ2) is 18.0. The summed E-state index contributed by atoms with van der Waals surface area (Å²) < 4.78 is 25.4. The highest BCUT2D eigenvalue weighted by molar-refractivity contribution is 5.85. The average molecular weight is 867 g/mol. The van der Waals surface area contributed by atoms with Gasteiger partial charge in [-0.2, -0.15) is 0 Å². The monoisotopic (exact) mass is 867 g/mol. The molecule has 4 aromatic carbocycles. The molecule has 0 saturated heterocycles. The van der Waals surface area contributed by atoms with Gasteiger partial charge in [0.2, 0.25) is 0 Å².